The van der Waals surface area contributed by atoms with Gasteiger partial charge in [0.05, 0.1) is 16.7 Å². The van der Waals surface area contributed by atoms with Gasteiger partial charge < -0.3 is 5.73 Å². The number of nitrogens with one attached hydrogen (secondary N) is 1. The molecule has 4 aromatic rings. The molecule has 0 radical (unpaired) electrons. The highest BCUT2D eigenvalue weighted by atomic mass is 32.1. The van der Waals surface area contributed by atoms with E-state index in [0.29, 0.717) is 11.9 Å². The molecular weight excluding hydrogens is 332 g/mol. The quantitative estimate of drug-likeness (QED) is 0.582. The lowest BCUT2D eigenvalue weighted by atomic mass is 10.2. The van der Waals surface area contributed by atoms with Crippen molar-refractivity contribution in [3.05, 3.63) is 65.7 Å². The van der Waals surface area contributed by atoms with E-state index >= 15 is 0 Å². The number of para-hydroxylation sites is 2. The molecule has 1 aliphatic rings. The summed E-state index contributed by atoms with van der Waals surface area (Å²) in [5.41, 5.74) is 9.84. The molecule has 5 rings (SSSR count). The number of hydrogen-bond acceptors (Lipinski definition) is 6. The first kappa shape index (κ1) is 14.2. The molecule has 0 bridgehead atoms. The van der Waals surface area contributed by atoms with Gasteiger partial charge in [0.25, 0.3) is 0 Å². The monoisotopic (exact) mass is 346 g/mol. The van der Waals surface area contributed by atoms with E-state index in [9.17, 15) is 0 Å². The smallest absolute Gasteiger partial charge is 0.212 e. The van der Waals surface area contributed by atoms with Crippen molar-refractivity contribution in [2.45, 2.75) is 6.17 Å². The van der Waals surface area contributed by atoms with Crippen molar-refractivity contribution in [1.29, 1.82) is 0 Å². The number of imidazole rings is 1. The minimum atomic E-state index is -0.322. The Labute approximate surface area is 147 Å². The average molecular weight is 346 g/mol. The molecule has 1 unspecified atom stereocenters. The second kappa shape index (κ2) is 5.42. The topological polar surface area (TPSA) is 81.1 Å². The molecule has 25 heavy (non-hydrogen) atoms. The van der Waals surface area contributed by atoms with Crippen molar-refractivity contribution in [2.75, 3.05) is 5.32 Å². The lowest BCUT2D eigenvalue weighted by molar-refractivity contribution is 0.612. The fraction of sp³-hybridized carbons (Fsp3) is 0.0556. The summed E-state index contributed by atoms with van der Waals surface area (Å²) in [7, 11) is 0. The van der Waals surface area contributed by atoms with Gasteiger partial charge in [-0.25, -0.2) is 15.0 Å². The lowest BCUT2D eigenvalue weighted by Gasteiger charge is -2.22. The third-order valence-electron chi connectivity index (χ3n) is 4.15. The fourth-order valence-electron chi connectivity index (χ4n) is 3.03. The molecule has 0 amide bonds. The highest BCUT2D eigenvalue weighted by molar-refractivity contribution is 7.13. The van der Waals surface area contributed by atoms with Crippen LogP contribution in [0.5, 0.6) is 0 Å². The number of hydrogen-bond donors (Lipinski definition) is 2. The second-order valence-electron chi connectivity index (χ2n) is 5.75. The number of benzene rings is 2. The van der Waals surface area contributed by atoms with E-state index in [-0.39, 0.29) is 6.17 Å². The first-order valence-corrected chi connectivity index (χ1v) is 8.76. The summed E-state index contributed by atoms with van der Waals surface area (Å²) in [5.74, 6) is 1.04. The number of fused-ring (bicyclic) bond motifs is 3. The van der Waals surface area contributed by atoms with Crippen LogP contribution in [0.15, 0.2) is 65.0 Å². The normalized spacial score (nSPS) is 16.3. The van der Waals surface area contributed by atoms with E-state index < -0.39 is 0 Å². The number of nitrogens with two attached hydrogens (primary N) is 1. The Bertz CT molecular complexity index is 1100. The molecule has 6 nitrogen and oxygen atoms in total. The van der Waals surface area contributed by atoms with Crippen LogP contribution in [-0.4, -0.2) is 20.5 Å². The van der Waals surface area contributed by atoms with Crippen molar-refractivity contribution in [3.8, 4) is 10.6 Å². The first-order chi connectivity index (χ1) is 12.3. The first-order valence-electron chi connectivity index (χ1n) is 7.88. The third-order valence-corrected chi connectivity index (χ3v) is 5.06. The minimum Gasteiger partial charge on any atom is -0.370 e. The van der Waals surface area contributed by atoms with Crippen molar-refractivity contribution >= 4 is 34.3 Å². The number of nitrogens with zero attached hydrogens (tertiary/aromatic N) is 4. The Kier molecular flexibility index (Phi) is 3.07. The molecule has 0 saturated heterocycles. The standard InChI is InChI=1S/C18H14N6S/c19-17-22-15(13-10-25-16(20-13)11-6-2-1-3-7-11)24-14-9-5-4-8-12(14)21-18(24)23-17/h1-10,15H,(H3,19,21,22,23). The van der Waals surface area contributed by atoms with E-state index in [1.165, 1.54) is 0 Å². The summed E-state index contributed by atoms with van der Waals surface area (Å²) in [6.45, 7) is 0. The van der Waals surface area contributed by atoms with E-state index in [0.717, 1.165) is 27.3 Å². The van der Waals surface area contributed by atoms with Crippen LogP contribution < -0.4 is 11.1 Å². The summed E-state index contributed by atoms with van der Waals surface area (Å²) >= 11 is 1.60. The predicted molar refractivity (Wildman–Crippen MR) is 101 cm³/mol. The number of thiazole rings is 1. The number of anilines is 1. The van der Waals surface area contributed by atoms with E-state index in [4.69, 9.17) is 10.7 Å². The molecule has 0 saturated carbocycles. The number of aliphatic imine (C=N–C) groups is 1. The Morgan fingerprint density at radius 1 is 1.00 bits per heavy atom. The third kappa shape index (κ3) is 2.28. The van der Waals surface area contributed by atoms with Gasteiger partial charge in [-0.2, -0.15) is 0 Å². The van der Waals surface area contributed by atoms with Gasteiger partial charge in [-0.1, -0.05) is 42.5 Å². The summed E-state index contributed by atoms with van der Waals surface area (Å²) in [6.07, 6.45) is -0.322. The molecule has 3 heterocycles. The van der Waals surface area contributed by atoms with Crippen LogP contribution in [0, 0.1) is 0 Å². The van der Waals surface area contributed by atoms with Gasteiger partial charge in [0.1, 0.15) is 5.01 Å². The Morgan fingerprint density at radius 3 is 2.68 bits per heavy atom. The van der Waals surface area contributed by atoms with Crippen LogP contribution in [0.25, 0.3) is 21.6 Å². The number of aromatic nitrogens is 3. The zero-order chi connectivity index (χ0) is 16.8. The molecule has 0 aliphatic carbocycles. The summed E-state index contributed by atoms with van der Waals surface area (Å²) in [6, 6.07) is 18.1. The Morgan fingerprint density at radius 2 is 1.80 bits per heavy atom. The van der Waals surface area contributed by atoms with E-state index in [2.05, 4.69) is 27.4 Å². The number of rotatable bonds is 2. The minimum absolute atomic E-state index is 0.322. The van der Waals surface area contributed by atoms with Crippen LogP contribution in [0.3, 0.4) is 0 Å². The van der Waals surface area contributed by atoms with Gasteiger partial charge in [0.2, 0.25) is 5.95 Å². The van der Waals surface area contributed by atoms with Crippen LogP contribution >= 0.6 is 11.3 Å². The predicted octanol–water partition coefficient (Wildman–Crippen LogP) is 3.45. The van der Waals surface area contributed by atoms with Crippen molar-refractivity contribution in [3.63, 3.8) is 0 Å². The molecular formula is C18H14N6S. The fourth-order valence-corrected chi connectivity index (χ4v) is 3.87. The van der Waals surface area contributed by atoms with Gasteiger partial charge in [-0.15, -0.1) is 11.3 Å². The van der Waals surface area contributed by atoms with Crippen molar-refractivity contribution in [1.82, 2.24) is 14.5 Å². The Hall–Kier alpha value is -3.19. The van der Waals surface area contributed by atoms with Gasteiger partial charge >= 0.3 is 0 Å². The molecule has 2 aromatic carbocycles. The molecule has 2 aromatic heterocycles. The van der Waals surface area contributed by atoms with Crippen LogP contribution in [-0.2, 0) is 0 Å². The molecule has 3 N–H and O–H groups in total. The molecule has 0 spiro atoms. The molecule has 1 atom stereocenters. The van der Waals surface area contributed by atoms with Crippen LogP contribution in [0.4, 0.5) is 5.95 Å². The molecule has 0 fully saturated rings. The van der Waals surface area contributed by atoms with E-state index in [1.807, 2.05) is 52.4 Å². The summed E-state index contributed by atoms with van der Waals surface area (Å²) < 4.78 is 2.04. The van der Waals surface area contributed by atoms with Gasteiger partial charge in [0.15, 0.2) is 12.1 Å². The SMILES string of the molecule is NC1=NC(c2csc(-c3ccccc3)n2)n2c(nc3ccccc32)N1. The van der Waals surface area contributed by atoms with Gasteiger partial charge in [0, 0.05) is 10.9 Å². The second-order valence-corrected chi connectivity index (χ2v) is 6.61. The van der Waals surface area contributed by atoms with Gasteiger partial charge in [-0.3, -0.25) is 9.88 Å². The lowest BCUT2D eigenvalue weighted by Crippen LogP contribution is -2.31. The number of guanidine groups is 1. The molecule has 1 aliphatic heterocycles. The highest BCUT2D eigenvalue weighted by Gasteiger charge is 2.26. The maximum atomic E-state index is 5.98. The zero-order valence-corrected chi connectivity index (χ0v) is 13.9. The van der Waals surface area contributed by atoms with Crippen LogP contribution in [0.2, 0.25) is 0 Å². The van der Waals surface area contributed by atoms with Crippen molar-refractivity contribution in [2.24, 2.45) is 10.7 Å². The average Bonchev–Trinajstić information content (AvgIpc) is 3.26. The van der Waals surface area contributed by atoms with Gasteiger partial charge in [-0.05, 0) is 12.1 Å². The summed E-state index contributed by atoms with van der Waals surface area (Å²) in [5, 5.41) is 6.04. The highest BCUT2D eigenvalue weighted by Crippen LogP contribution is 2.34. The van der Waals surface area contributed by atoms with E-state index in [1.54, 1.807) is 11.3 Å². The molecule has 122 valence electrons. The zero-order valence-electron chi connectivity index (χ0n) is 13.1. The maximum absolute atomic E-state index is 5.98. The Balaban J connectivity index is 1.65. The maximum Gasteiger partial charge on any atom is 0.212 e. The molecule has 7 heteroatoms. The van der Waals surface area contributed by atoms with Crippen molar-refractivity contribution < 1.29 is 0 Å². The summed E-state index contributed by atoms with van der Waals surface area (Å²) in [4.78, 5) is 14.0. The largest absolute Gasteiger partial charge is 0.370 e. The van der Waals surface area contributed by atoms with Crippen LogP contribution in [0.1, 0.15) is 11.9 Å².